The average Bonchev–Trinajstić information content (AvgIpc) is 2.36. The lowest BCUT2D eigenvalue weighted by molar-refractivity contribution is -0.121. The second-order valence-corrected chi connectivity index (χ2v) is 5.98. The van der Waals surface area contributed by atoms with E-state index in [-0.39, 0.29) is 11.2 Å². The zero-order valence-electron chi connectivity index (χ0n) is 11.7. The molecule has 19 heavy (non-hydrogen) atoms. The maximum Gasteiger partial charge on any atom is 0.155 e. The molecule has 0 spiro atoms. The molecular weight excluding hydrogens is 236 g/mol. The number of benzene rings is 1. The molecule has 2 aromatic rings. The van der Waals surface area contributed by atoms with Gasteiger partial charge in [0.2, 0.25) is 0 Å². The highest BCUT2D eigenvalue weighted by Gasteiger charge is 2.27. The van der Waals surface area contributed by atoms with Crippen LogP contribution in [0.4, 0.5) is 0 Å². The topological polar surface area (TPSA) is 56.0 Å². The van der Waals surface area contributed by atoms with E-state index in [9.17, 15) is 4.79 Å². The zero-order valence-corrected chi connectivity index (χ0v) is 11.7. The molecule has 0 saturated heterocycles. The number of hydrogen-bond donors (Lipinski definition) is 1. The van der Waals surface area contributed by atoms with Gasteiger partial charge >= 0.3 is 0 Å². The van der Waals surface area contributed by atoms with Crippen molar-refractivity contribution in [2.75, 3.05) is 0 Å². The summed E-state index contributed by atoms with van der Waals surface area (Å²) in [4.78, 5) is 16.6. The third-order valence-electron chi connectivity index (χ3n) is 3.29. The maximum absolute atomic E-state index is 12.1. The summed E-state index contributed by atoms with van der Waals surface area (Å²) < 4.78 is 0. The van der Waals surface area contributed by atoms with Crippen molar-refractivity contribution in [3.8, 4) is 0 Å². The van der Waals surface area contributed by atoms with Crippen LogP contribution >= 0.6 is 0 Å². The molecule has 1 unspecified atom stereocenters. The van der Waals surface area contributed by atoms with Gasteiger partial charge in [-0.05, 0) is 17.5 Å². The van der Waals surface area contributed by atoms with Crippen molar-refractivity contribution < 1.29 is 4.79 Å². The third-order valence-corrected chi connectivity index (χ3v) is 3.29. The van der Waals surface area contributed by atoms with Gasteiger partial charge in [0.15, 0.2) is 5.78 Å². The number of carbonyl (C=O) groups is 1. The van der Waals surface area contributed by atoms with Crippen LogP contribution in [0.2, 0.25) is 0 Å². The molecule has 0 aliphatic heterocycles. The Bertz CT molecular complexity index is 599. The van der Waals surface area contributed by atoms with Gasteiger partial charge in [0.05, 0.1) is 18.0 Å². The first kappa shape index (κ1) is 13.7. The number of rotatable bonds is 3. The van der Waals surface area contributed by atoms with E-state index in [1.165, 1.54) is 0 Å². The minimum Gasteiger partial charge on any atom is -0.321 e. The van der Waals surface area contributed by atoms with Gasteiger partial charge in [-0.25, -0.2) is 0 Å². The Morgan fingerprint density at radius 2 is 1.89 bits per heavy atom. The lowest BCUT2D eigenvalue weighted by atomic mass is 9.83. The standard InChI is InChI=1S/C16H20N2O/c1-16(2,3)15(17)14(19)10-12-9-8-11-6-4-5-7-13(11)18-12/h4-9,15H,10,17H2,1-3H3. The molecule has 0 aliphatic carbocycles. The zero-order chi connectivity index (χ0) is 14.0. The number of carbonyl (C=O) groups excluding carboxylic acids is 1. The molecule has 3 heteroatoms. The van der Waals surface area contributed by atoms with E-state index in [2.05, 4.69) is 4.98 Å². The molecule has 2 N–H and O–H groups in total. The van der Waals surface area contributed by atoms with Crippen LogP contribution in [0.3, 0.4) is 0 Å². The predicted molar refractivity (Wildman–Crippen MR) is 77.9 cm³/mol. The fourth-order valence-electron chi connectivity index (χ4n) is 1.98. The second-order valence-electron chi connectivity index (χ2n) is 5.98. The van der Waals surface area contributed by atoms with E-state index in [0.29, 0.717) is 6.42 Å². The molecule has 100 valence electrons. The lowest BCUT2D eigenvalue weighted by Gasteiger charge is -2.25. The molecule has 2 rings (SSSR count). The Balaban J connectivity index is 2.20. The monoisotopic (exact) mass is 256 g/mol. The predicted octanol–water partition coefficient (Wildman–Crippen LogP) is 2.72. The minimum absolute atomic E-state index is 0.0373. The van der Waals surface area contributed by atoms with Crippen LogP contribution in [-0.4, -0.2) is 16.8 Å². The molecule has 1 atom stereocenters. The highest BCUT2D eigenvalue weighted by atomic mass is 16.1. The highest BCUT2D eigenvalue weighted by molar-refractivity contribution is 5.87. The summed E-state index contributed by atoms with van der Waals surface area (Å²) in [5, 5.41) is 1.08. The molecule has 0 radical (unpaired) electrons. The summed E-state index contributed by atoms with van der Waals surface area (Å²) in [7, 11) is 0. The molecular formula is C16H20N2O. The van der Waals surface area contributed by atoms with Gasteiger partial charge in [0, 0.05) is 11.1 Å². The van der Waals surface area contributed by atoms with E-state index in [1.54, 1.807) is 0 Å². The van der Waals surface area contributed by atoms with Crippen LogP contribution < -0.4 is 5.73 Å². The molecule has 0 bridgehead atoms. The van der Waals surface area contributed by atoms with E-state index in [4.69, 9.17) is 5.73 Å². The van der Waals surface area contributed by atoms with Crippen LogP contribution in [0.25, 0.3) is 10.9 Å². The molecule has 1 aromatic carbocycles. The van der Waals surface area contributed by atoms with Gasteiger partial charge < -0.3 is 5.73 Å². The number of nitrogens with zero attached hydrogens (tertiary/aromatic N) is 1. The number of ketones is 1. The van der Waals surface area contributed by atoms with Crippen molar-refractivity contribution in [2.45, 2.75) is 33.2 Å². The van der Waals surface area contributed by atoms with Crippen molar-refractivity contribution >= 4 is 16.7 Å². The third kappa shape index (κ3) is 3.18. The molecule has 1 aromatic heterocycles. The SMILES string of the molecule is CC(C)(C)C(N)C(=O)Cc1ccc2ccccc2n1. The summed E-state index contributed by atoms with van der Waals surface area (Å²) in [6, 6.07) is 11.3. The Morgan fingerprint density at radius 1 is 1.21 bits per heavy atom. The average molecular weight is 256 g/mol. The van der Waals surface area contributed by atoms with Gasteiger partial charge in [-0.1, -0.05) is 45.0 Å². The number of hydrogen-bond acceptors (Lipinski definition) is 3. The number of Topliss-reactive ketones (excluding diaryl/α,β-unsaturated/α-hetero) is 1. The fraction of sp³-hybridized carbons (Fsp3) is 0.375. The van der Waals surface area contributed by atoms with Crippen molar-refractivity contribution in [3.63, 3.8) is 0 Å². The molecule has 0 amide bonds. The number of para-hydroxylation sites is 1. The number of fused-ring (bicyclic) bond motifs is 1. The fourth-order valence-corrected chi connectivity index (χ4v) is 1.98. The molecule has 0 fully saturated rings. The van der Waals surface area contributed by atoms with Crippen LogP contribution in [0.5, 0.6) is 0 Å². The van der Waals surface area contributed by atoms with Gasteiger partial charge in [-0.2, -0.15) is 0 Å². The van der Waals surface area contributed by atoms with E-state index < -0.39 is 6.04 Å². The van der Waals surface area contributed by atoms with E-state index in [1.807, 2.05) is 57.2 Å². The highest BCUT2D eigenvalue weighted by Crippen LogP contribution is 2.19. The number of nitrogens with two attached hydrogens (primary N) is 1. The van der Waals surface area contributed by atoms with Crippen LogP contribution in [0.1, 0.15) is 26.5 Å². The van der Waals surface area contributed by atoms with Crippen molar-refractivity contribution in [3.05, 3.63) is 42.1 Å². The minimum atomic E-state index is -0.458. The normalized spacial score (nSPS) is 13.5. The Kier molecular flexibility index (Phi) is 3.67. The van der Waals surface area contributed by atoms with E-state index >= 15 is 0 Å². The van der Waals surface area contributed by atoms with Crippen molar-refractivity contribution in [1.29, 1.82) is 0 Å². The lowest BCUT2D eigenvalue weighted by Crippen LogP contribution is -2.43. The summed E-state index contributed by atoms with van der Waals surface area (Å²) in [5.41, 5.74) is 7.46. The quantitative estimate of drug-likeness (QED) is 0.918. The van der Waals surface area contributed by atoms with Crippen molar-refractivity contribution in [2.24, 2.45) is 11.1 Å². The Morgan fingerprint density at radius 3 is 2.58 bits per heavy atom. The summed E-state index contributed by atoms with van der Waals surface area (Å²) in [5.74, 6) is 0.0373. The smallest absolute Gasteiger partial charge is 0.155 e. The molecule has 0 saturated carbocycles. The molecule has 3 nitrogen and oxygen atoms in total. The van der Waals surface area contributed by atoms with Gasteiger partial charge in [-0.15, -0.1) is 0 Å². The molecule has 0 aliphatic rings. The van der Waals surface area contributed by atoms with Crippen LogP contribution in [0, 0.1) is 5.41 Å². The summed E-state index contributed by atoms with van der Waals surface area (Å²) in [6.45, 7) is 5.93. The number of aromatic nitrogens is 1. The van der Waals surface area contributed by atoms with Gasteiger partial charge in [0.25, 0.3) is 0 Å². The van der Waals surface area contributed by atoms with E-state index in [0.717, 1.165) is 16.6 Å². The van der Waals surface area contributed by atoms with Crippen molar-refractivity contribution in [1.82, 2.24) is 4.98 Å². The first-order valence-corrected chi connectivity index (χ1v) is 6.51. The summed E-state index contributed by atoms with van der Waals surface area (Å²) in [6.07, 6.45) is 0.295. The van der Waals surface area contributed by atoms with Crippen LogP contribution in [0.15, 0.2) is 36.4 Å². The Labute approximate surface area is 113 Å². The van der Waals surface area contributed by atoms with Gasteiger partial charge in [0.1, 0.15) is 0 Å². The molecule has 1 heterocycles. The van der Waals surface area contributed by atoms with Gasteiger partial charge in [-0.3, -0.25) is 9.78 Å². The first-order valence-electron chi connectivity index (χ1n) is 6.51. The van der Waals surface area contributed by atoms with Crippen LogP contribution in [-0.2, 0) is 11.2 Å². The second kappa shape index (κ2) is 5.10. The number of pyridine rings is 1. The first-order chi connectivity index (χ1) is 8.88. The summed E-state index contributed by atoms with van der Waals surface area (Å²) >= 11 is 0. The largest absolute Gasteiger partial charge is 0.321 e. The maximum atomic E-state index is 12.1. The Hall–Kier alpha value is -1.74.